The number of hydrogen-bond acceptors (Lipinski definition) is 12. The van der Waals surface area contributed by atoms with E-state index in [-0.39, 0.29) is 51.0 Å². The summed E-state index contributed by atoms with van der Waals surface area (Å²) in [5, 5.41) is 13.4. The molecule has 3 heterocycles. The largest absolute Gasteiger partial charge is 0.450 e. The molecule has 229 valence electrons. The first kappa shape index (κ1) is 37.1. The van der Waals surface area contributed by atoms with Crippen LogP contribution < -0.4 is 20.4 Å². The number of rotatable bonds is 11. The number of aliphatic hydroxyl groups is 1. The number of piperazine rings is 1. The maximum absolute atomic E-state index is 12.3. The average Bonchev–Trinajstić information content (AvgIpc) is 2.96. The standard InChI is InChI=1S/C20H26N7O2.C7H15NO4.Y/c1-14(28)21-9-15-10-22-18(23-11-15)26-5-7-27(8-6-26)19-24-12-16(13-25-19)17(29)20(2,3)4;1-2-12-7(10)8-3-5-11-6-4-9;/h10-13H,1,5-9H2,2-4H3,(H,21,28);9H,2-6H2,1H3,(H,8,10);/q-1;;. The monoisotopic (exact) mass is 662 g/mol. The van der Waals surface area contributed by atoms with Crippen molar-refractivity contribution in [1.82, 2.24) is 30.6 Å². The quantitative estimate of drug-likeness (QED) is 0.178. The first-order valence-electron chi connectivity index (χ1n) is 13.4. The third kappa shape index (κ3) is 13.4. The Morgan fingerprint density at radius 3 is 1.90 bits per heavy atom. The maximum Gasteiger partial charge on any atom is 0.407 e. The van der Waals surface area contributed by atoms with E-state index >= 15 is 0 Å². The van der Waals surface area contributed by atoms with E-state index in [0.717, 1.165) is 31.7 Å². The van der Waals surface area contributed by atoms with E-state index in [4.69, 9.17) is 9.84 Å². The minimum Gasteiger partial charge on any atom is -0.450 e. The fourth-order valence-electron chi connectivity index (χ4n) is 3.52. The van der Waals surface area contributed by atoms with E-state index in [9.17, 15) is 14.4 Å². The van der Waals surface area contributed by atoms with Crippen molar-refractivity contribution in [1.29, 1.82) is 0 Å². The van der Waals surface area contributed by atoms with Crippen LogP contribution in [0.2, 0.25) is 0 Å². The Morgan fingerprint density at radius 2 is 1.45 bits per heavy atom. The summed E-state index contributed by atoms with van der Waals surface area (Å²) in [7, 11) is 0. The second kappa shape index (κ2) is 19.3. The van der Waals surface area contributed by atoms with Gasteiger partial charge in [-0.1, -0.05) is 20.8 Å². The van der Waals surface area contributed by atoms with E-state index in [1.807, 2.05) is 20.8 Å². The van der Waals surface area contributed by atoms with Gasteiger partial charge >= 0.3 is 6.09 Å². The number of nitrogens with zero attached hydrogens (tertiary/aromatic N) is 6. The Bertz CT molecular complexity index is 1090. The van der Waals surface area contributed by atoms with Crippen molar-refractivity contribution in [3.8, 4) is 0 Å². The van der Waals surface area contributed by atoms with Crippen molar-refractivity contribution in [2.45, 2.75) is 34.2 Å². The molecular formula is C27H41N8O6Y-. The van der Waals surface area contributed by atoms with Gasteiger partial charge in [0.1, 0.15) is 0 Å². The van der Waals surface area contributed by atoms with E-state index in [1.165, 1.54) is 0 Å². The molecule has 0 aliphatic carbocycles. The van der Waals surface area contributed by atoms with Gasteiger partial charge in [0.25, 0.3) is 0 Å². The Hall–Kier alpha value is -2.94. The van der Waals surface area contributed by atoms with Crippen LogP contribution in [-0.4, -0.2) is 102 Å². The number of nitrogens with one attached hydrogen (secondary N) is 2. The molecule has 3 rings (SSSR count). The first-order chi connectivity index (χ1) is 19.5. The van der Waals surface area contributed by atoms with Gasteiger partial charge in [-0.15, -0.1) is 0 Å². The van der Waals surface area contributed by atoms with Crippen LogP contribution in [0.4, 0.5) is 16.7 Å². The molecule has 15 heteroatoms. The number of amides is 2. The van der Waals surface area contributed by atoms with E-state index in [2.05, 4.69) is 52.0 Å². The molecular weight excluding hydrogens is 621 g/mol. The number of aliphatic hydroxyl groups excluding tert-OH is 1. The van der Waals surface area contributed by atoms with Gasteiger partial charge in [-0.2, -0.15) is 0 Å². The van der Waals surface area contributed by atoms with Crippen LogP contribution in [0.5, 0.6) is 0 Å². The molecule has 1 fully saturated rings. The summed E-state index contributed by atoms with van der Waals surface area (Å²) in [6, 6.07) is 0. The molecule has 3 N–H and O–H groups in total. The number of Topliss-reactive ketones (excluding diaryl/α,β-unsaturated/α-hetero) is 1. The number of carbonyl (C=O) groups excluding carboxylic acids is 3. The number of anilines is 2. The molecule has 1 radical (unpaired) electrons. The molecule has 0 aromatic carbocycles. The van der Waals surface area contributed by atoms with Gasteiger partial charge in [0, 0.05) is 108 Å². The van der Waals surface area contributed by atoms with Crippen molar-refractivity contribution >= 4 is 29.7 Å². The Balaban J connectivity index is 0.000000578. The molecule has 14 nitrogen and oxygen atoms in total. The zero-order chi connectivity index (χ0) is 30.3. The fourth-order valence-corrected chi connectivity index (χ4v) is 3.52. The molecule has 2 aromatic heterocycles. The van der Waals surface area contributed by atoms with Crippen molar-refractivity contribution in [3.05, 3.63) is 42.8 Å². The van der Waals surface area contributed by atoms with E-state index in [1.54, 1.807) is 31.7 Å². The molecule has 42 heavy (non-hydrogen) atoms. The minimum atomic E-state index is -0.453. The van der Waals surface area contributed by atoms with Crippen molar-refractivity contribution in [2.24, 2.45) is 5.41 Å². The number of ketones is 1. The Kier molecular flexibility index (Phi) is 17.0. The van der Waals surface area contributed by atoms with Gasteiger partial charge in [-0.25, -0.2) is 24.7 Å². The third-order valence-corrected chi connectivity index (χ3v) is 5.64. The fraction of sp³-hybridized carbons (Fsp3) is 0.556. The minimum absolute atomic E-state index is 0. The SMILES string of the molecule is CCOC(=O)NCCOCCO.[CH2-]C(=O)NCc1cnc(N2CCN(c3ncc(C(=O)C(C)(C)C)cn3)CC2)nc1.[Y]. The van der Waals surface area contributed by atoms with Crippen LogP contribution in [0, 0.1) is 12.3 Å². The molecule has 2 amide bonds. The molecule has 0 atom stereocenters. The van der Waals surface area contributed by atoms with E-state index in [0.29, 0.717) is 50.4 Å². The second-order valence-electron chi connectivity index (χ2n) is 9.98. The van der Waals surface area contributed by atoms with Crippen LogP contribution in [0.15, 0.2) is 24.8 Å². The zero-order valence-corrected chi connectivity index (χ0v) is 27.7. The molecule has 2 aromatic rings. The van der Waals surface area contributed by atoms with Crippen LogP contribution >= 0.6 is 0 Å². The average molecular weight is 663 g/mol. The number of aromatic nitrogens is 4. The molecule has 0 bridgehead atoms. The third-order valence-electron chi connectivity index (χ3n) is 5.64. The predicted molar refractivity (Wildman–Crippen MR) is 152 cm³/mol. The summed E-state index contributed by atoms with van der Waals surface area (Å²) in [5.74, 6) is 0.976. The van der Waals surface area contributed by atoms with Crippen molar-refractivity contribution in [2.75, 3.05) is 69.0 Å². The summed E-state index contributed by atoms with van der Waals surface area (Å²) in [6.07, 6.45) is 6.19. The van der Waals surface area contributed by atoms with Crippen LogP contribution in [0.25, 0.3) is 0 Å². The molecule has 1 aliphatic rings. The summed E-state index contributed by atoms with van der Waals surface area (Å²) < 4.78 is 9.48. The van der Waals surface area contributed by atoms with Crippen LogP contribution in [0.1, 0.15) is 43.6 Å². The van der Waals surface area contributed by atoms with Crippen molar-refractivity contribution in [3.63, 3.8) is 0 Å². The van der Waals surface area contributed by atoms with Gasteiger partial charge in [0.05, 0.1) is 37.9 Å². The Morgan fingerprint density at radius 1 is 0.929 bits per heavy atom. The number of hydrogen-bond donors (Lipinski definition) is 3. The normalized spacial score (nSPS) is 12.8. The topological polar surface area (TPSA) is 172 Å². The Labute approximate surface area is 272 Å². The van der Waals surface area contributed by atoms with Crippen LogP contribution in [-0.2, 0) is 53.5 Å². The molecule has 0 unspecified atom stereocenters. The predicted octanol–water partition coefficient (Wildman–Crippen LogP) is 1.01. The maximum atomic E-state index is 12.3. The number of ether oxygens (including phenoxy) is 2. The molecule has 0 saturated carbocycles. The summed E-state index contributed by atoms with van der Waals surface area (Å²) in [4.78, 5) is 55.5. The molecule has 1 aliphatic heterocycles. The van der Waals surface area contributed by atoms with Crippen molar-refractivity contribution < 1.29 is 61.7 Å². The zero-order valence-electron chi connectivity index (χ0n) is 24.8. The number of carbonyl (C=O) groups is 3. The van der Waals surface area contributed by atoms with Crippen LogP contribution in [0.3, 0.4) is 0 Å². The summed E-state index contributed by atoms with van der Waals surface area (Å²) in [5.41, 5.74) is 0.900. The second-order valence-corrected chi connectivity index (χ2v) is 9.98. The molecule has 0 spiro atoms. The van der Waals surface area contributed by atoms with Gasteiger partial charge < -0.3 is 46.7 Å². The summed E-state index contributed by atoms with van der Waals surface area (Å²) >= 11 is 0. The smallest absolute Gasteiger partial charge is 0.407 e. The van der Waals surface area contributed by atoms with Gasteiger partial charge in [0.15, 0.2) is 5.78 Å². The van der Waals surface area contributed by atoms with E-state index < -0.39 is 11.5 Å². The molecule has 1 saturated heterocycles. The van der Waals surface area contributed by atoms with Gasteiger partial charge in [-0.05, 0) is 6.92 Å². The van der Waals surface area contributed by atoms with Gasteiger partial charge in [-0.3, -0.25) is 4.79 Å². The summed E-state index contributed by atoms with van der Waals surface area (Å²) in [6.45, 7) is 15.4. The van der Waals surface area contributed by atoms with Gasteiger partial charge in [0.2, 0.25) is 11.9 Å². The number of alkyl carbamates (subject to hydrolysis) is 1. The first-order valence-corrected chi connectivity index (χ1v) is 13.4.